The number of benzene rings is 2. The maximum atomic E-state index is 13.8. The average Bonchev–Trinajstić information content (AvgIpc) is 2.73. The Hall–Kier alpha value is -1.71. The zero-order valence-electron chi connectivity index (χ0n) is 18.1. The first-order valence-electron chi connectivity index (χ1n) is 9.85. The molecule has 0 fully saturated rings. The summed E-state index contributed by atoms with van der Waals surface area (Å²) in [5.74, 6) is -0.179. The number of carbonyl (C=O) groups excluding carboxylic acids is 1. The fourth-order valence-corrected chi connectivity index (χ4v) is 3.60. The third-order valence-corrected chi connectivity index (χ3v) is 6.37. The summed E-state index contributed by atoms with van der Waals surface area (Å²) in [5.41, 5.74) is -1.93. The van der Waals surface area contributed by atoms with Crippen LogP contribution in [0.5, 0.6) is 0 Å². The first kappa shape index (κ1) is 27.5. The smallest absolute Gasteiger partial charge is 0.381 e. The third-order valence-electron chi connectivity index (χ3n) is 5.17. The Morgan fingerprint density at radius 3 is 2.27 bits per heavy atom. The van der Waals surface area contributed by atoms with Crippen molar-refractivity contribution in [2.75, 3.05) is 19.0 Å². The van der Waals surface area contributed by atoms with Crippen molar-refractivity contribution >= 4 is 46.4 Å². The lowest BCUT2D eigenvalue weighted by molar-refractivity contribution is -0.260. The number of nitrogens with one attached hydrogen (secondary N) is 2. The van der Waals surface area contributed by atoms with Gasteiger partial charge < -0.3 is 20.5 Å². The van der Waals surface area contributed by atoms with Crippen molar-refractivity contribution in [3.05, 3.63) is 62.1 Å². The van der Waals surface area contributed by atoms with Gasteiger partial charge in [-0.1, -0.05) is 40.9 Å². The largest absolute Gasteiger partial charge is 0.423 e. The van der Waals surface area contributed by atoms with E-state index in [4.69, 9.17) is 39.5 Å². The molecular formula is C22H24Cl3F3N2O3. The maximum Gasteiger partial charge on any atom is 0.423 e. The minimum atomic E-state index is -5.03. The Balaban J connectivity index is 2.16. The second-order valence-electron chi connectivity index (χ2n) is 7.63. The van der Waals surface area contributed by atoms with Crippen LogP contribution in [-0.4, -0.2) is 36.9 Å². The van der Waals surface area contributed by atoms with Crippen LogP contribution in [0.1, 0.15) is 30.0 Å². The molecule has 33 heavy (non-hydrogen) atoms. The van der Waals surface area contributed by atoms with Crippen molar-refractivity contribution in [3.63, 3.8) is 0 Å². The number of hydrogen-bond donors (Lipinski definition) is 3. The van der Waals surface area contributed by atoms with Gasteiger partial charge in [0.05, 0.1) is 34.1 Å². The highest BCUT2D eigenvalue weighted by molar-refractivity contribution is 6.48. The van der Waals surface area contributed by atoms with Gasteiger partial charge in [-0.05, 0) is 54.8 Å². The van der Waals surface area contributed by atoms with Gasteiger partial charge in [0, 0.05) is 19.3 Å². The highest BCUT2D eigenvalue weighted by Crippen LogP contribution is 2.43. The van der Waals surface area contributed by atoms with E-state index in [9.17, 15) is 23.1 Å². The summed E-state index contributed by atoms with van der Waals surface area (Å²) in [5, 5.41) is 15.5. The molecule has 0 saturated carbocycles. The second kappa shape index (κ2) is 11.1. The molecule has 0 saturated heterocycles. The van der Waals surface area contributed by atoms with Crippen LogP contribution in [0, 0.1) is 6.92 Å². The molecule has 2 atom stereocenters. The van der Waals surface area contributed by atoms with E-state index in [1.165, 1.54) is 7.11 Å². The van der Waals surface area contributed by atoms with Crippen LogP contribution in [0.4, 0.5) is 18.9 Å². The molecule has 3 N–H and O–H groups in total. The molecule has 0 bridgehead atoms. The average molecular weight is 528 g/mol. The Morgan fingerprint density at radius 1 is 1.15 bits per heavy atom. The molecule has 0 radical (unpaired) electrons. The Bertz CT molecular complexity index is 982. The summed E-state index contributed by atoms with van der Waals surface area (Å²) >= 11 is 17.6. The van der Waals surface area contributed by atoms with Gasteiger partial charge in [-0.3, -0.25) is 4.79 Å². The molecule has 182 valence electrons. The summed E-state index contributed by atoms with van der Waals surface area (Å²) < 4.78 is 46.6. The monoisotopic (exact) mass is 526 g/mol. The maximum absolute atomic E-state index is 13.8. The number of rotatable bonds is 9. The molecule has 0 aliphatic heterocycles. The molecule has 5 nitrogen and oxygen atoms in total. The molecule has 11 heteroatoms. The van der Waals surface area contributed by atoms with Crippen molar-refractivity contribution in [3.8, 4) is 0 Å². The predicted molar refractivity (Wildman–Crippen MR) is 124 cm³/mol. The fourth-order valence-electron chi connectivity index (χ4n) is 3.00. The zero-order chi connectivity index (χ0) is 25.0. The number of amides is 1. The van der Waals surface area contributed by atoms with Crippen LogP contribution >= 0.6 is 34.8 Å². The quantitative estimate of drug-likeness (QED) is 0.357. The lowest BCUT2D eigenvalue weighted by Crippen LogP contribution is -2.47. The lowest BCUT2D eigenvalue weighted by atomic mass is 9.92. The number of hydrogen-bond acceptors (Lipinski definition) is 4. The first-order valence-corrected chi connectivity index (χ1v) is 11.0. The number of methoxy groups -OCH3 is 1. The van der Waals surface area contributed by atoms with Crippen LogP contribution in [0.2, 0.25) is 15.1 Å². The van der Waals surface area contributed by atoms with E-state index < -0.39 is 23.9 Å². The van der Waals surface area contributed by atoms with Gasteiger partial charge in [0.1, 0.15) is 0 Å². The molecular weight excluding hydrogens is 504 g/mol. The van der Waals surface area contributed by atoms with Crippen molar-refractivity contribution in [1.82, 2.24) is 5.32 Å². The van der Waals surface area contributed by atoms with Crippen molar-refractivity contribution in [1.29, 1.82) is 0 Å². The molecule has 2 aromatic carbocycles. The summed E-state index contributed by atoms with van der Waals surface area (Å²) in [6.07, 6.45) is -5.03. The summed E-state index contributed by atoms with van der Waals surface area (Å²) in [6, 6.07) is 6.74. The molecule has 0 heterocycles. The normalized spacial score (nSPS) is 14.5. The van der Waals surface area contributed by atoms with Gasteiger partial charge in [0.2, 0.25) is 11.5 Å². The van der Waals surface area contributed by atoms with Crippen LogP contribution in [0.3, 0.4) is 0 Å². The Kier molecular flexibility index (Phi) is 9.30. The molecule has 0 aliphatic rings. The van der Waals surface area contributed by atoms with Gasteiger partial charge >= 0.3 is 6.18 Å². The van der Waals surface area contributed by atoms with Crippen LogP contribution in [-0.2, 0) is 21.7 Å². The standard InChI is InChI=1S/C22H24Cl3F3N2O3/c1-12-6-16(5-4-14(12)10-29-19(31)7-13(2)33-3)30-11-21(32,22(26,27)28)15-8-17(23)20(25)18(24)9-15/h4-6,8-9,13,30,32H,7,10-11H2,1-3H3,(H,29,31)/t13-,21-/m0/s1. The first-order chi connectivity index (χ1) is 15.3. The molecule has 0 aliphatic carbocycles. The molecule has 2 aromatic rings. The Labute approximate surface area is 205 Å². The van der Waals surface area contributed by atoms with E-state index in [0.717, 1.165) is 23.3 Å². The van der Waals surface area contributed by atoms with Crippen molar-refractivity contribution in [2.45, 2.75) is 44.7 Å². The molecule has 0 aromatic heterocycles. The van der Waals surface area contributed by atoms with Crippen LogP contribution in [0.15, 0.2) is 30.3 Å². The number of aryl methyl sites for hydroxylation is 1. The summed E-state index contributed by atoms with van der Waals surface area (Å²) in [7, 11) is 1.52. The highest BCUT2D eigenvalue weighted by Gasteiger charge is 2.55. The highest BCUT2D eigenvalue weighted by atomic mass is 35.5. The van der Waals surface area contributed by atoms with E-state index in [1.54, 1.807) is 32.0 Å². The van der Waals surface area contributed by atoms with Crippen LogP contribution in [0.25, 0.3) is 0 Å². The number of halogens is 6. The molecule has 0 unspecified atom stereocenters. The molecule has 0 spiro atoms. The topological polar surface area (TPSA) is 70.6 Å². The third kappa shape index (κ3) is 6.90. The van der Waals surface area contributed by atoms with Crippen molar-refractivity contribution < 1.29 is 27.8 Å². The molecule has 1 amide bonds. The van der Waals surface area contributed by atoms with E-state index in [1.807, 2.05) is 0 Å². The predicted octanol–water partition coefficient (Wildman–Crippen LogP) is 5.86. The van der Waals surface area contributed by atoms with E-state index >= 15 is 0 Å². The Morgan fingerprint density at radius 2 is 1.76 bits per heavy atom. The number of carbonyl (C=O) groups is 1. The summed E-state index contributed by atoms with van der Waals surface area (Å²) in [4.78, 5) is 11.9. The summed E-state index contributed by atoms with van der Waals surface area (Å²) in [6.45, 7) is 2.91. The minimum absolute atomic E-state index is 0.102. The van der Waals surface area contributed by atoms with E-state index in [-0.39, 0.29) is 40.0 Å². The number of ether oxygens (including phenoxy) is 1. The SMILES string of the molecule is CO[C@@H](C)CC(=O)NCc1ccc(NC[C@](O)(c2cc(Cl)c(Cl)c(Cl)c2)C(F)(F)F)cc1C. The number of alkyl halides is 3. The van der Waals surface area contributed by atoms with Gasteiger partial charge in [-0.2, -0.15) is 13.2 Å². The molecule has 2 rings (SSSR count). The zero-order valence-corrected chi connectivity index (χ0v) is 20.4. The van der Waals surface area contributed by atoms with Gasteiger partial charge in [0.15, 0.2) is 0 Å². The lowest BCUT2D eigenvalue weighted by Gasteiger charge is -2.32. The van der Waals surface area contributed by atoms with E-state index in [0.29, 0.717) is 5.69 Å². The number of aliphatic hydroxyl groups is 1. The van der Waals surface area contributed by atoms with E-state index in [2.05, 4.69) is 10.6 Å². The number of anilines is 1. The van der Waals surface area contributed by atoms with Crippen molar-refractivity contribution in [2.24, 2.45) is 0 Å². The van der Waals surface area contributed by atoms with Crippen LogP contribution < -0.4 is 10.6 Å². The van der Waals surface area contributed by atoms with Gasteiger partial charge in [0.25, 0.3) is 0 Å². The van der Waals surface area contributed by atoms with Gasteiger partial charge in [-0.25, -0.2) is 0 Å². The second-order valence-corrected chi connectivity index (χ2v) is 8.83. The van der Waals surface area contributed by atoms with Gasteiger partial charge in [-0.15, -0.1) is 0 Å². The fraction of sp³-hybridized carbons (Fsp3) is 0.409. The minimum Gasteiger partial charge on any atom is -0.381 e.